The molecule has 3 unspecified atom stereocenters. The zero-order chi connectivity index (χ0) is 10.7. The first-order chi connectivity index (χ1) is 7.31. The molecule has 1 heterocycles. The van der Waals surface area contributed by atoms with Gasteiger partial charge in [0.25, 0.3) is 0 Å². The summed E-state index contributed by atoms with van der Waals surface area (Å²) < 4.78 is 5.40. The van der Waals surface area contributed by atoms with Crippen molar-refractivity contribution in [2.45, 2.75) is 38.3 Å². The van der Waals surface area contributed by atoms with Crippen LogP contribution >= 0.6 is 12.4 Å². The van der Waals surface area contributed by atoms with E-state index in [-0.39, 0.29) is 30.3 Å². The summed E-state index contributed by atoms with van der Waals surface area (Å²) in [4.78, 5) is 11.7. The number of hydrogen-bond acceptors (Lipinski definition) is 3. The second kappa shape index (κ2) is 6.42. The van der Waals surface area contributed by atoms with Crippen molar-refractivity contribution in [3.05, 3.63) is 0 Å². The van der Waals surface area contributed by atoms with Crippen LogP contribution in [0.3, 0.4) is 0 Å². The van der Waals surface area contributed by atoms with Gasteiger partial charge in [-0.25, -0.2) is 0 Å². The Bertz CT molecular complexity index is 232. The highest BCUT2D eigenvalue weighted by Crippen LogP contribution is 2.33. The van der Waals surface area contributed by atoms with Crippen LogP contribution in [0.5, 0.6) is 0 Å². The number of carbonyl (C=O) groups excluding carboxylic acids is 1. The first-order valence-electron chi connectivity index (χ1n) is 5.94. The van der Waals surface area contributed by atoms with E-state index in [0.717, 1.165) is 32.4 Å². The average Bonchev–Trinajstić information content (AvgIpc) is 2.99. The molecule has 0 aromatic rings. The molecule has 0 aromatic carbocycles. The number of nitrogens with one attached hydrogen (secondary N) is 2. The molecule has 2 aliphatic rings. The molecular formula is C11H21ClN2O2. The van der Waals surface area contributed by atoms with Crippen LogP contribution in [0.1, 0.15) is 26.2 Å². The quantitative estimate of drug-likeness (QED) is 0.770. The molecule has 0 aromatic heterocycles. The van der Waals surface area contributed by atoms with Gasteiger partial charge in [-0.3, -0.25) is 4.79 Å². The molecule has 1 saturated heterocycles. The van der Waals surface area contributed by atoms with E-state index in [1.165, 1.54) is 0 Å². The van der Waals surface area contributed by atoms with Gasteiger partial charge in [-0.1, -0.05) is 0 Å². The molecule has 2 N–H and O–H groups in total. The molecule has 0 bridgehead atoms. The summed E-state index contributed by atoms with van der Waals surface area (Å²) in [5, 5.41) is 6.38. The average molecular weight is 249 g/mol. The van der Waals surface area contributed by atoms with Crippen molar-refractivity contribution >= 4 is 18.3 Å². The summed E-state index contributed by atoms with van der Waals surface area (Å²) in [5.41, 5.74) is 0. The Labute approximate surface area is 103 Å². The third-order valence-electron chi connectivity index (χ3n) is 3.09. The van der Waals surface area contributed by atoms with Crippen molar-refractivity contribution in [1.82, 2.24) is 10.6 Å². The molecule has 1 aliphatic carbocycles. The molecule has 1 saturated carbocycles. The van der Waals surface area contributed by atoms with Gasteiger partial charge in [-0.2, -0.15) is 0 Å². The van der Waals surface area contributed by atoms with E-state index in [1.807, 2.05) is 6.92 Å². The molecule has 4 nitrogen and oxygen atoms in total. The van der Waals surface area contributed by atoms with E-state index >= 15 is 0 Å². The smallest absolute Gasteiger partial charge is 0.226 e. The fourth-order valence-corrected chi connectivity index (χ4v) is 2.13. The van der Waals surface area contributed by atoms with Gasteiger partial charge >= 0.3 is 0 Å². The number of carbonyl (C=O) groups is 1. The highest BCUT2D eigenvalue weighted by molar-refractivity contribution is 5.85. The largest absolute Gasteiger partial charge is 0.378 e. The van der Waals surface area contributed by atoms with E-state index in [0.29, 0.717) is 12.6 Å². The van der Waals surface area contributed by atoms with Crippen LogP contribution in [-0.2, 0) is 9.53 Å². The fourth-order valence-electron chi connectivity index (χ4n) is 2.13. The minimum atomic E-state index is 0. The van der Waals surface area contributed by atoms with Crippen molar-refractivity contribution < 1.29 is 9.53 Å². The normalized spacial score (nSPS) is 32.7. The summed E-state index contributed by atoms with van der Waals surface area (Å²) in [7, 11) is 0. The zero-order valence-corrected chi connectivity index (χ0v) is 10.5. The van der Waals surface area contributed by atoms with Crippen LogP contribution in [-0.4, -0.2) is 37.7 Å². The lowest BCUT2D eigenvalue weighted by molar-refractivity contribution is -0.124. The van der Waals surface area contributed by atoms with Gasteiger partial charge in [0.15, 0.2) is 0 Å². The molecule has 1 amide bonds. The number of piperidine rings is 1. The van der Waals surface area contributed by atoms with Crippen molar-refractivity contribution in [3.63, 3.8) is 0 Å². The summed E-state index contributed by atoms with van der Waals surface area (Å²) in [6.45, 7) is 4.67. The van der Waals surface area contributed by atoms with Crippen LogP contribution < -0.4 is 10.6 Å². The fraction of sp³-hybridized carbons (Fsp3) is 0.909. The van der Waals surface area contributed by atoms with Gasteiger partial charge in [-0.05, 0) is 32.7 Å². The predicted molar refractivity (Wildman–Crippen MR) is 64.8 cm³/mol. The Hall–Kier alpha value is -0.320. The van der Waals surface area contributed by atoms with E-state index in [2.05, 4.69) is 10.6 Å². The molecule has 0 radical (unpaired) electrons. The van der Waals surface area contributed by atoms with Crippen molar-refractivity contribution in [2.75, 3.05) is 19.7 Å². The van der Waals surface area contributed by atoms with Crippen molar-refractivity contribution in [2.24, 2.45) is 5.92 Å². The van der Waals surface area contributed by atoms with Gasteiger partial charge in [0.1, 0.15) is 0 Å². The second-order valence-electron chi connectivity index (χ2n) is 4.39. The van der Waals surface area contributed by atoms with Gasteiger partial charge in [0, 0.05) is 19.2 Å². The molecular weight excluding hydrogens is 228 g/mol. The van der Waals surface area contributed by atoms with Crippen molar-refractivity contribution in [3.8, 4) is 0 Å². The van der Waals surface area contributed by atoms with Crippen molar-refractivity contribution in [1.29, 1.82) is 0 Å². The Kier molecular flexibility index (Phi) is 5.52. The summed E-state index contributed by atoms with van der Waals surface area (Å²) in [5.74, 6) is 0.300. The summed E-state index contributed by atoms with van der Waals surface area (Å²) >= 11 is 0. The van der Waals surface area contributed by atoms with Gasteiger partial charge in [0.05, 0.1) is 12.0 Å². The molecule has 5 heteroatoms. The number of halogens is 1. The maximum Gasteiger partial charge on any atom is 0.226 e. The number of hydrogen-bond donors (Lipinski definition) is 2. The molecule has 1 aliphatic heterocycles. The van der Waals surface area contributed by atoms with Crippen LogP contribution in [0.4, 0.5) is 0 Å². The van der Waals surface area contributed by atoms with Crippen LogP contribution in [0.2, 0.25) is 0 Å². The first-order valence-corrected chi connectivity index (χ1v) is 5.94. The Morgan fingerprint density at radius 2 is 2.38 bits per heavy atom. The predicted octanol–water partition coefficient (Wildman–Crippen LogP) is 0.701. The van der Waals surface area contributed by atoms with Crippen LogP contribution in [0.15, 0.2) is 0 Å². The van der Waals surface area contributed by atoms with E-state index < -0.39 is 0 Å². The van der Waals surface area contributed by atoms with Crippen LogP contribution in [0.25, 0.3) is 0 Å². The Balaban J connectivity index is 0.00000128. The lowest BCUT2D eigenvalue weighted by Gasteiger charge is -2.23. The Morgan fingerprint density at radius 3 is 3.00 bits per heavy atom. The molecule has 2 fully saturated rings. The summed E-state index contributed by atoms with van der Waals surface area (Å²) in [6, 6.07) is 0.328. The maximum atomic E-state index is 11.7. The van der Waals surface area contributed by atoms with Gasteiger partial charge < -0.3 is 15.4 Å². The highest BCUT2D eigenvalue weighted by Gasteiger charge is 2.44. The molecule has 94 valence electrons. The lowest BCUT2D eigenvalue weighted by Crippen LogP contribution is -2.46. The molecule has 0 spiro atoms. The van der Waals surface area contributed by atoms with Gasteiger partial charge in [-0.15, -0.1) is 12.4 Å². The third kappa shape index (κ3) is 3.61. The second-order valence-corrected chi connectivity index (χ2v) is 4.39. The number of amides is 1. The Morgan fingerprint density at radius 1 is 1.56 bits per heavy atom. The zero-order valence-electron chi connectivity index (χ0n) is 9.70. The number of rotatable bonds is 4. The standard InChI is InChI=1S/C11H20N2O2.ClH/c1-2-15-10-6-9(10)11(14)13-8-4-3-5-12-7-8;/h8-10,12H,2-7H2,1H3,(H,13,14);1H. The van der Waals surface area contributed by atoms with E-state index in [1.54, 1.807) is 0 Å². The number of ether oxygens (including phenoxy) is 1. The lowest BCUT2D eigenvalue weighted by atomic mass is 10.1. The van der Waals surface area contributed by atoms with Crippen LogP contribution in [0, 0.1) is 5.92 Å². The SMILES string of the molecule is CCOC1CC1C(=O)NC1CCCNC1.Cl. The highest BCUT2D eigenvalue weighted by atomic mass is 35.5. The van der Waals surface area contributed by atoms with E-state index in [9.17, 15) is 4.79 Å². The summed E-state index contributed by atoms with van der Waals surface area (Å²) in [6.07, 6.45) is 3.35. The van der Waals surface area contributed by atoms with Gasteiger partial charge in [0.2, 0.25) is 5.91 Å². The third-order valence-corrected chi connectivity index (χ3v) is 3.09. The maximum absolute atomic E-state index is 11.7. The molecule has 3 atom stereocenters. The minimum Gasteiger partial charge on any atom is -0.378 e. The molecule has 16 heavy (non-hydrogen) atoms. The first kappa shape index (κ1) is 13.7. The van der Waals surface area contributed by atoms with E-state index in [4.69, 9.17) is 4.74 Å². The topological polar surface area (TPSA) is 50.4 Å². The molecule has 2 rings (SSSR count). The minimum absolute atomic E-state index is 0. The monoisotopic (exact) mass is 248 g/mol.